The SMILES string of the molecule is COc1ccc(CN2CCNCC2)c(Cl)c1Cl. The fourth-order valence-corrected chi connectivity index (χ4v) is 2.44. The van der Waals surface area contributed by atoms with Crippen LogP contribution in [0.2, 0.25) is 10.0 Å². The first-order valence-corrected chi connectivity index (χ1v) is 6.42. The molecule has 94 valence electrons. The number of hydrogen-bond acceptors (Lipinski definition) is 3. The van der Waals surface area contributed by atoms with Crippen LogP contribution in [-0.4, -0.2) is 38.2 Å². The molecule has 1 aliphatic heterocycles. The molecule has 3 nitrogen and oxygen atoms in total. The Morgan fingerprint density at radius 3 is 2.59 bits per heavy atom. The molecule has 0 bridgehead atoms. The predicted octanol–water partition coefficient (Wildman–Crippen LogP) is 2.41. The fourth-order valence-electron chi connectivity index (χ4n) is 1.96. The molecule has 1 N–H and O–H groups in total. The highest BCUT2D eigenvalue weighted by Gasteiger charge is 2.15. The van der Waals surface area contributed by atoms with Gasteiger partial charge in [0.05, 0.1) is 12.1 Å². The van der Waals surface area contributed by atoms with Gasteiger partial charge in [-0.1, -0.05) is 29.3 Å². The Labute approximate surface area is 112 Å². The topological polar surface area (TPSA) is 24.5 Å². The minimum absolute atomic E-state index is 0.502. The van der Waals surface area contributed by atoms with Gasteiger partial charge in [0.25, 0.3) is 0 Å². The molecule has 2 rings (SSSR count). The van der Waals surface area contributed by atoms with Gasteiger partial charge >= 0.3 is 0 Å². The molecule has 1 aromatic carbocycles. The van der Waals surface area contributed by atoms with Crippen LogP contribution in [0.4, 0.5) is 0 Å². The van der Waals surface area contributed by atoms with Crippen molar-refractivity contribution >= 4 is 23.2 Å². The molecule has 0 unspecified atom stereocenters. The number of halogens is 2. The number of ether oxygens (including phenoxy) is 1. The summed E-state index contributed by atoms with van der Waals surface area (Å²) in [7, 11) is 1.59. The average molecular weight is 275 g/mol. The standard InChI is InChI=1S/C12H16Cl2N2O/c1-17-10-3-2-9(11(13)12(10)14)8-16-6-4-15-5-7-16/h2-3,15H,4-8H2,1H3. The lowest BCUT2D eigenvalue weighted by atomic mass is 10.2. The van der Waals surface area contributed by atoms with Gasteiger partial charge in [0, 0.05) is 32.7 Å². The van der Waals surface area contributed by atoms with Gasteiger partial charge in [0.1, 0.15) is 10.8 Å². The highest BCUT2D eigenvalue weighted by molar-refractivity contribution is 6.43. The summed E-state index contributed by atoms with van der Waals surface area (Å²) in [5.41, 5.74) is 1.05. The third-order valence-corrected chi connectivity index (χ3v) is 3.85. The van der Waals surface area contributed by atoms with E-state index in [4.69, 9.17) is 27.9 Å². The molecule has 0 aromatic heterocycles. The summed E-state index contributed by atoms with van der Waals surface area (Å²) < 4.78 is 5.13. The van der Waals surface area contributed by atoms with Gasteiger partial charge in [0.2, 0.25) is 0 Å². The lowest BCUT2D eigenvalue weighted by Crippen LogP contribution is -2.42. The van der Waals surface area contributed by atoms with Crippen LogP contribution in [-0.2, 0) is 6.54 Å². The summed E-state index contributed by atoms with van der Waals surface area (Å²) in [5.74, 6) is 0.626. The highest BCUT2D eigenvalue weighted by atomic mass is 35.5. The normalized spacial score (nSPS) is 17.1. The monoisotopic (exact) mass is 274 g/mol. The van der Waals surface area contributed by atoms with E-state index in [1.54, 1.807) is 7.11 Å². The van der Waals surface area contributed by atoms with Gasteiger partial charge in [-0.25, -0.2) is 0 Å². The van der Waals surface area contributed by atoms with E-state index in [1.165, 1.54) is 0 Å². The van der Waals surface area contributed by atoms with Crippen molar-refractivity contribution < 1.29 is 4.74 Å². The van der Waals surface area contributed by atoms with Gasteiger partial charge in [-0.15, -0.1) is 0 Å². The lowest BCUT2D eigenvalue weighted by molar-refractivity contribution is 0.233. The van der Waals surface area contributed by atoms with E-state index in [0.717, 1.165) is 38.3 Å². The molecule has 1 fully saturated rings. The molecular weight excluding hydrogens is 259 g/mol. The molecule has 0 aliphatic carbocycles. The third kappa shape index (κ3) is 3.05. The molecule has 0 saturated carbocycles. The zero-order valence-corrected chi connectivity index (χ0v) is 11.3. The van der Waals surface area contributed by atoms with Crippen LogP contribution in [0.5, 0.6) is 5.75 Å². The summed E-state index contributed by atoms with van der Waals surface area (Å²) >= 11 is 12.4. The maximum atomic E-state index is 6.24. The van der Waals surface area contributed by atoms with E-state index in [0.29, 0.717) is 15.8 Å². The molecule has 0 radical (unpaired) electrons. The lowest BCUT2D eigenvalue weighted by Gasteiger charge is -2.27. The molecule has 1 aliphatic rings. The van der Waals surface area contributed by atoms with Crippen LogP contribution in [0.1, 0.15) is 5.56 Å². The second kappa shape index (κ2) is 5.91. The Bertz CT molecular complexity index is 392. The van der Waals surface area contributed by atoms with Crippen molar-refractivity contribution in [1.29, 1.82) is 0 Å². The van der Waals surface area contributed by atoms with E-state index in [9.17, 15) is 0 Å². The van der Waals surface area contributed by atoms with Crippen molar-refractivity contribution in [1.82, 2.24) is 10.2 Å². The number of nitrogens with one attached hydrogen (secondary N) is 1. The summed E-state index contributed by atoms with van der Waals surface area (Å²) in [4.78, 5) is 2.36. The summed E-state index contributed by atoms with van der Waals surface area (Å²) in [6, 6.07) is 3.85. The van der Waals surface area contributed by atoms with Gasteiger partial charge in [0.15, 0.2) is 0 Å². The van der Waals surface area contributed by atoms with E-state index < -0.39 is 0 Å². The van der Waals surface area contributed by atoms with Crippen molar-refractivity contribution in [3.8, 4) is 5.75 Å². The summed E-state index contributed by atoms with van der Waals surface area (Å²) in [6.45, 7) is 4.98. The smallest absolute Gasteiger partial charge is 0.138 e. The van der Waals surface area contributed by atoms with E-state index in [-0.39, 0.29) is 0 Å². The van der Waals surface area contributed by atoms with Crippen molar-refractivity contribution in [2.45, 2.75) is 6.54 Å². The molecule has 0 atom stereocenters. The van der Waals surface area contributed by atoms with Crippen LogP contribution in [0.15, 0.2) is 12.1 Å². The molecule has 1 aromatic rings. The Morgan fingerprint density at radius 1 is 1.24 bits per heavy atom. The number of benzene rings is 1. The van der Waals surface area contributed by atoms with Gasteiger partial charge < -0.3 is 10.1 Å². The second-order valence-electron chi connectivity index (χ2n) is 4.08. The minimum atomic E-state index is 0.502. The molecule has 1 saturated heterocycles. The van der Waals surface area contributed by atoms with Crippen LogP contribution < -0.4 is 10.1 Å². The quantitative estimate of drug-likeness (QED) is 0.916. The van der Waals surface area contributed by atoms with Crippen LogP contribution in [0.3, 0.4) is 0 Å². The number of methoxy groups -OCH3 is 1. The van der Waals surface area contributed by atoms with E-state index in [1.807, 2.05) is 12.1 Å². The first-order valence-electron chi connectivity index (χ1n) is 5.66. The fraction of sp³-hybridized carbons (Fsp3) is 0.500. The number of piperazine rings is 1. The number of rotatable bonds is 3. The van der Waals surface area contributed by atoms with Crippen molar-refractivity contribution in [3.63, 3.8) is 0 Å². The Balaban J connectivity index is 2.12. The largest absolute Gasteiger partial charge is 0.495 e. The maximum absolute atomic E-state index is 6.24. The Morgan fingerprint density at radius 2 is 1.94 bits per heavy atom. The average Bonchev–Trinajstić information content (AvgIpc) is 2.37. The van der Waals surface area contributed by atoms with E-state index >= 15 is 0 Å². The zero-order chi connectivity index (χ0) is 12.3. The molecule has 17 heavy (non-hydrogen) atoms. The van der Waals surface area contributed by atoms with Crippen molar-refractivity contribution in [2.24, 2.45) is 0 Å². The van der Waals surface area contributed by atoms with Gasteiger partial charge in [-0.05, 0) is 11.6 Å². The highest BCUT2D eigenvalue weighted by Crippen LogP contribution is 2.34. The van der Waals surface area contributed by atoms with Crippen LogP contribution in [0.25, 0.3) is 0 Å². The number of hydrogen-bond donors (Lipinski definition) is 1. The summed E-state index contributed by atoms with van der Waals surface area (Å²) in [6.07, 6.45) is 0. The first kappa shape index (κ1) is 13.0. The second-order valence-corrected chi connectivity index (χ2v) is 4.84. The Kier molecular flexibility index (Phi) is 4.51. The Hall–Kier alpha value is -0.480. The van der Waals surface area contributed by atoms with E-state index in [2.05, 4.69) is 10.2 Å². The molecule has 5 heteroatoms. The predicted molar refractivity (Wildman–Crippen MR) is 71.2 cm³/mol. The van der Waals surface area contributed by atoms with Crippen LogP contribution >= 0.6 is 23.2 Å². The van der Waals surface area contributed by atoms with Gasteiger partial charge in [-0.3, -0.25) is 4.90 Å². The maximum Gasteiger partial charge on any atom is 0.138 e. The molecule has 1 heterocycles. The summed E-state index contributed by atoms with van der Waals surface area (Å²) in [5, 5.41) is 4.43. The van der Waals surface area contributed by atoms with Crippen LogP contribution in [0, 0.1) is 0 Å². The van der Waals surface area contributed by atoms with Gasteiger partial charge in [-0.2, -0.15) is 0 Å². The number of nitrogens with zero attached hydrogens (tertiary/aromatic N) is 1. The molecular formula is C12H16Cl2N2O. The zero-order valence-electron chi connectivity index (χ0n) is 9.80. The third-order valence-electron chi connectivity index (χ3n) is 2.95. The van der Waals surface area contributed by atoms with Crippen molar-refractivity contribution in [2.75, 3.05) is 33.3 Å². The minimum Gasteiger partial charge on any atom is -0.495 e. The molecule has 0 spiro atoms. The molecule has 0 amide bonds. The first-order chi connectivity index (χ1) is 8.22. The van der Waals surface area contributed by atoms with Crippen molar-refractivity contribution in [3.05, 3.63) is 27.7 Å².